The lowest BCUT2D eigenvalue weighted by Gasteiger charge is -2.09. The van der Waals surface area contributed by atoms with Gasteiger partial charge in [-0.15, -0.1) is 11.3 Å². The van der Waals surface area contributed by atoms with Gasteiger partial charge in [0.2, 0.25) is 0 Å². The second-order valence-electron chi connectivity index (χ2n) is 6.23. The maximum atomic E-state index is 12.3. The van der Waals surface area contributed by atoms with E-state index in [1.807, 2.05) is 32.9 Å². The van der Waals surface area contributed by atoms with Crippen molar-refractivity contribution in [2.75, 3.05) is 25.1 Å². The highest BCUT2D eigenvalue weighted by Crippen LogP contribution is 2.34. The second-order valence-corrected chi connectivity index (χ2v) is 7.45. The van der Waals surface area contributed by atoms with Gasteiger partial charge in [-0.1, -0.05) is 19.1 Å². The number of esters is 2. The maximum absolute atomic E-state index is 12.3. The number of ether oxygens (including phenoxy) is 3. The number of hydrogen-bond donors (Lipinski definition) is 1. The van der Waals surface area contributed by atoms with E-state index in [0.29, 0.717) is 22.7 Å². The van der Waals surface area contributed by atoms with Crippen molar-refractivity contribution in [3.05, 3.63) is 45.8 Å². The van der Waals surface area contributed by atoms with E-state index in [1.165, 1.54) is 11.3 Å². The molecule has 0 unspecified atom stereocenters. The molecule has 1 aromatic carbocycles. The number of thiophene rings is 1. The molecule has 0 atom stereocenters. The molecule has 1 heterocycles. The van der Waals surface area contributed by atoms with Gasteiger partial charge in [-0.25, -0.2) is 9.59 Å². The molecule has 0 aliphatic rings. The molecule has 0 saturated carbocycles. The summed E-state index contributed by atoms with van der Waals surface area (Å²) in [6.45, 7) is 6.90. The van der Waals surface area contributed by atoms with Crippen molar-refractivity contribution in [3.8, 4) is 5.75 Å². The second kappa shape index (κ2) is 10.6. The van der Waals surface area contributed by atoms with E-state index in [-0.39, 0.29) is 13.2 Å². The molecule has 156 valence electrons. The monoisotopic (exact) mass is 419 g/mol. The van der Waals surface area contributed by atoms with Gasteiger partial charge in [-0.2, -0.15) is 0 Å². The van der Waals surface area contributed by atoms with E-state index in [2.05, 4.69) is 5.32 Å². The first-order valence-electron chi connectivity index (χ1n) is 9.30. The molecule has 2 rings (SSSR count). The first kappa shape index (κ1) is 22.4. The van der Waals surface area contributed by atoms with Crippen LogP contribution in [-0.4, -0.2) is 37.7 Å². The maximum Gasteiger partial charge on any atom is 0.344 e. The van der Waals surface area contributed by atoms with Gasteiger partial charge in [0, 0.05) is 4.88 Å². The fraction of sp³-hybridized carbons (Fsp3) is 0.381. The predicted molar refractivity (Wildman–Crippen MR) is 111 cm³/mol. The summed E-state index contributed by atoms with van der Waals surface area (Å²) in [5.41, 5.74) is 2.21. The van der Waals surface area contributed by atoms with Gasteiger partial charge in [0.15, 0.2) is 13.2 Å². The zero-order chi connectivity index (χ0) is 21.4. The molecule has 0 fully saturated rings. The average molecular weight is 419 g/mol. The molecule has 2 aromatic rings. The number of hydrogen-bond acceptors (Lipinski definition) is 7. The molecular weight excluding hydrogens is 394 g/mol. The Morgan fingerprint density at radius 1 is 1.07 bits per heavy atom. The summed E-state index contributed by atoms with van der Waals surface area (Å²) in [6.07, 6.45) is 0.637. The van der Waals surface area contributed by atoms with Crippen LogP contribution in [0.5, 0.6) is 5.75 Å². The predicted octanol–water partition coefficient (Wildman–Crippen LogP) is 3.66. The van der Waals surface area contributed by atoms with Crippen molar-refractivity contribution in [2.24, 2.45) is 0 Å². The van der Waals surface area contributed by atoms with E-state index in [9.17, 15) is 14.4 Å². The fourth-order valence-corrected chi connectivity index (χ4v) is 3.86. The van der Waals surface area contributed by atoms with Crippen LogP contribution in [0.15, 0.2) is 24.3 Å². The van der Waals surface area contributed by atoms with Gasteiger partial charge in [-0.3, -0.25) is 4.79 Å². The number of anilines is 1. The topological polar surface area (TPSA) is 90.9 Å². The zero-order valence-electron chi connectivity index (χ0n) is 17.0. The minimum absolute atomic E-state index is 0.239. The summed E-state index contributed by atoms with van der Waals surface area (Å²) < 4.78 is 15.4. The Bertz CT molecular complexity index is 889. The number of benzene rings is 1. The van der Waals surface area contributed by atoms with Crippen molar-refractivity contribution in [3.63, 3.8) is 0 Å². The molecule has 0 aliphatic carbocycles. The highest BCUT2D eigenvalue weighted by molar-refractivity contribution is 7.16. The zero-order valence-corrected chi connectivity index (χ0v) is 17.8. The summed E-state index contributed by atoms with van der Waals surface area (Å²) >= 11 is 1.29. The Labute approximate surface area is 174 Å². The molecule has 1 N–H and O–H groups in total. The van der Waals surface area contributed by atoms with Crippen LogP contribution in [0.25, 0.3) is 0 Å². The van der Waals surface area contributed by atoms with Crippen molar-refractivity contribution >= 4 is 34.2 Å². The van der Waals surface area contributed by atoms with E-state index in [1.54, 1.807) is 19.1 Å². The summed E-state index contributed by atoms with van der Waals surface area (Å²) in [4.78, 5) is 37.2. The van der Waals surface area contributed by atoms with Crippen molar-refractivity contribution in [1.82, 2.24) is 0 Å². The molecule has 0 aliphatic heterocycles. The molecule has 1 aromatic heterocycles. The first-order valence-corrected chi connectivity index (χ1v) is 10.1. The third kappa shape index (κ3) is 6.32. The number of rotatable bonds is 9. The lowest BCUT2D eigenvalue weighted by Crippen LogP contribution is -2.24. The normalized spacial score (nSPS) is 10.3. The summed E-state index contributed by atoms with van der Waals surface area (Å²) in [6, 6.07) is 7.25. The lowest BCUT2D eigenvalue weighted by atomic mass is 10.1. The van der Waals surface area contributed by atoms with Gasteiger partial charge in [0.05, 0.1) is 12.2 Å². The molecule has 0 saturated heterocycles. The van der Waals surface area contributed by atoms with Crippen molar-refractivity contribution in [2.45, 2.75) is 34.1 Å². The third-order valence-corrected chi connectivity index (χ3v) is 5.07. The summed E-state index contributed by atoms with van der Waals surface area (Å²) in [5.74, 6) is -1.13. The highest BCUT2D eigenvalue weighted by Gasteiger charge is 2.23. The molecule has 0 bridgehead atoms. The van der Waals surface area contributed by atoms with Crippen LogP contribution in [0.1, 0.15) is 40.2 Å². The Morgan fingerprint density at radius 2 is 1.83 bits per heavy atom. The van der Waals surface area contributed by atoms with Crippen molar-refractivity contribution < 1.29 is 28.6 Å². The molecule has 0 radical (unpaired) electrons. The smallest absolute Gasteiger partial charge is 0.344 e. The van der Waals surface area contributed by atoms with Crippen molar-refractivity contribution in [1.29, 1.82) is 0 Å². The number of amides is 1. The minimum Gasteiger partial charge on any atom is -0.482 e. The lowest BCUT2D eigenvalue weighted by molar-refractivity contribution is -0.149. The Morgan fingerprint density at radius 3 is 2.48 bits per heavy atom. The molecule has 29 heavy (non-hydrogen) atoms. The van der Waals surface area contributed by atoms with Crippen LogP contribution >= 0.6 is 11.3 Å². The largest absolute Gasteiger partial charge is 0.482 e. The number of carbonyl (C=O) groups excluding carboxylic acids is 3. The number of nitrogens with one attached hydrogen (secondary N) is 1. The standard InChI is InChI=1S/C21H25NO6S/c1-5-16-14(4)29-20(19(16)21(25)26-6-2)22-17(23)11-28-18(24)12-27-15-9-7-8-13(3)10-15/h7-10H,5-6,11-12H2,1-4H3,(H,22,23). The minimum atomic E-state index is -0.663. The van der Waals surface area contributed by atoms with Gasteiger partial charge in [-0.05, 0) is 50.5 Å². The van der Waals surface area contributed by atoms with Gasteiger partial charge >= 0.3 is 11.9 Å². The van der Waals surface area contributed by atoms with E-state index >= 15 is 0 Å². The number of carbonyl (C=O) groups is 3. The molecule has 0 spiro atoms. The van der Waals surface area contributed by atoms with Crippen LogP contribution in [0.3, 0.4) is 0 Å². The van der Waals surface area contributed by atoms with E-state index < -0.39 is 24.5 Å². The Hall–Kier alpha value is -2.87. The first-order chi connectivity index (χ1) is 13.8. The van der Waals surface area contributed by atoms with Crippen LogP contribution in [-0.2, 0) is 25.5 Å². The third-order valence-electron chi connectivity index (χ3n) is 4.01. The van der Waals surface area contributed by atoms with E-state index in [4.69, 9.17) is 14.2 Å². The quantitative estimate of drug-likeness (QED) is 0.624. The summed E-state index contributed by atoms with van der Waals surface area (Å²) in [5, 5.41) is 3.04. The fourth-order valence-electron chi connectivity index (χ4n) is 2.71. The van der Waals surface area contributed by atoms with E-state index in [0.717, 1.165) is 16.0 Å². The SMILES string of the molecule is CCOC(=O)c1c(NC(=O)COC(=O)COc2cccc(C)c2)sc(C)c1CC. The highest BCUT2D eigenvalue weighted by atomic mass is 32.1. The van der Waals surface area contributed by atoms with Crippen LogP contribution in [0.4, 0.5) is 5.00 Å². The summed E-state index contributed by atoms with van der Waals surface area (Å²) in [7, 11) is 0. The molecule has 8 heteroatoms. The van der Waals surface area contributed by atoms with Gasteiger partial charge in [0.25, 0.3) is 5.91 Å². The van der Waals surface area contributed by atoms with Gasteiger partial charge in [0.1, 0.15) is 10.8 Å². The Kier molecular flexibility index (Phi) is 8.21. The van der Waals surface area contributed by atoms with Crippen LogP contribution in [0, 0.1) is 13.8 Å². The molecular formula is C21H25NO6S. The molecule has 1 amide bonds. The molecule has 7 nitrogen and oxygen atoms in total. The average Bonchev–Trinajstić information content (AvgIpc) is 2.99. The van der Waals surface area contributed by atoms with Crippen LogP contribution < -0.4 is 10.1 Å². The van der Waals surface area contributed by atoms with Crippen LogP contribution in [0.2, 0.25) is 0 Å². The van der Waals surface area contributed by atoms with Gasteiger partial charge < -0.3 is 19.5 Å². The number of aryl methyl sites for hydroxylation is 2. The Balaban J connectivity index is 1.92.